The molecule has 0 aromatic rings. The quantitative estimate of drug-likeness (QED) is 0.652. The third-order valence-corrected chi connectivity index (χ3v) is 4.20. The van der Waals surface area contributed by atoms with Gasteiger partial charge in [-0.2, -0.15) is 0 Å². The standard InChI is InChI=1S/C16H34N2O/c1-14(2)19-13-5-10-17-11-12-18(4)16-8-6-15(3)7-9-16/h14-17H,5-13H2,1-4H3. The van der Waals surface area contributed by atoms with Crippen LogP contribution in [0.25, 0.3) is 0 Å². The van der Waals surface area contributed by atoms with E-state index in [9.17, 15) is 0 Å². The number of nitrogens with one attached hydrogen (secondary N) is 1. The van der Waals surface area contributed by atoms with Crippen LogP contribution in [0.1, 0.15) is 52.9 Å². The van der Waals surface area contributed by atoms with Crippen molar-refractivity contribution in [3.05, 3.63) is 0 Å². The van der Waals surface area contributed by atoms with Crippen molar-refractivity contribution in [3.8, 4) is 0 Å². The highest BCUT2D eigenvalue weighted by molar-refractivity contribution is 4.76. The molecule has 1 fully saturated rings. The number of likely N-dealkylation sites (N-methyl/N-ethyl adjacent to an activating group) is 1. The normalized spacial score (nSPS) is 24.3. The van der Waals surface area contributed by atoms with Crippen molar-refractivity contribution in [2.24, 2.45) is 5.92 Å². The van der Waals surface area contributed by atoms with Crippen molar-refractivity contribution in [1.29, 1.82) is 0 Å². The second-order valence-corrected chi connectivity index (χ2v) is 6.42. The van der Waals surface area contributed by atoms with Crippen LogP contribution in [-0.4, -0.2) is 50.3 Å². The average molecular weight is 270 g/mol. The van der Waals surface area contributed by atoms with Crippen molar-refractivity contribution in [3.63, 3.8) is 0 Å². The fraction of sp³-hybridized carbons (Fsp3) is 1.00. The lowest BCUT2D eigenvalue weighted by Crippen LogP contribution is -2.39. The highest BCUT2D eigenvalue weighted by atomic mass is 16.5. The Labute approximate surface area is 120 Å². The SMILES string of the molecule is CC1CCC(N(C)CCNCCCOC(C)C)CC1. The molecular formula is C16H34N2O. The van der Waals surface area contributed by atoms with E-state index in [1.807, 2.05) is 0 Å². The van der Waals surface area contributed by atoms with Gasteiger partial charge in [-0.1, -0.05) is 6.92 Å². The Morgan fingerprint density at radius 1 is 1.16 bits per heavy atom. The van der Waals surface area contributed by atoms with Crippen molar-refractivity contribution in [2.75, 3.05) is 33.3 Å². The summed E-state index contributed by atoms with van der Waals surface area (Å²) < 4.78 is 5.52. The van der Waals surface area contributed by atoms with Gasteiger partial charge in [-0.05, 0) is 65.5 Å². The van der Waals surface area contributed by atoms with E-state index in [1.54, 1.807) is 0 Å². The third-order valence-electron chi connectivity index (χ3n) is 4.20. The van der Waals surface area contributed by atoms with E-state index in [0.29, 0.717) is 6.10 Å². The summed E-state index contributed by atoms with van der Waals surface area (Å²) in [4.78, 5) is 2.55. The van der Waals surface area contributed by atoms with E-state index < -0.39 is 0 Å². The van der Waals surface area contributed by atoms with Gasteiger partial charge in [0.1, 0.15) is 0 Å². The van der Waals surface area contributed by atoms with Gasteiger partial charge in [-0.15, -0.1) is 0 Å². The maximum absolute atomic E-state index is 5.52. The van der Waals surface area contributed by atoms with Crippen molar-refractivity contribution in [2.45, 2.75) is 65.0 Å². The first-order valence-electron chi connectivity index (χ1n) is 8.12. The van der Waals surface area contributed by atoms with Crippen LogP contribution in [-0.2, 0) is 4.74 Å². The molecule has 0 aliphatic heterocycles. The van der Waals surface area contributed by atoms with E-state index in [4.69, 9.17) is 4.74 Å². The zero-order chi connectivity index (χ0) is 14.1. The molecule has 0 bridgehead atoms. The molecule has 1 aliphatic carbocycles. The van der Waals surface area contributed by atoms with Gasteiger partial charge in [0.2, 0.25) is 0 Å². The second kappa shape index (κ2) is 9.73. The monoisotopic (exact) mass is 270 g/mol. The molecule has 1 aliphatic rings. The van der Waals surface area contributed by atoms with Crippen LogP contribution in [0.4, 0.5) is 0 Å². The Hall–Kier alpha value is -0.120. The first-order chi connectivity index (χ1) is 9.09. The second-order valence-electron chi connectivity index (χ2n) is 6.42. The van der Waals surface area contributed by atoms with Crippen LogP contribution in [0.2, 0.25) is 0 Å². The lowest BCUT2D eigenvalue weighted by molar-refractivity contribution is 0.0769. The largest absolute Gasteiger partial charge is 0.379 e. The van der Waals surface area contributed by atoms with Gasteiger partial charge in [0.15, 0.2) is 0 Å². The zero-order valence-corrected chi connectivity index (χ0v) is 13.5. The molecule has 3 heteroatoms. The molecule has 0 atom stereocenters. The Balaban J connectivity index is 1.94. The van der Waals surface area contributed by atoms with Gasteiger partial charge in [0.05, 0.1) is 6.10 Å². The maximum Gasteiger partial charge on any atom is 0.0518 e. The van der Waals surface area contributed by atoms with E-state index in [1.165, 1.54) is 32.2 Å². The van der Waals surface area contributed by atoms with Crippen molar-refractivity contribution >= 4 is 0 Å². The lowest BCUT2D eigenvalue weighted by atomic mass is 9.87. The minimum Gasteiger partial charge on any atom is -0.379 e. The molecule has 0 aromatic carbocycles. The van der Waals surface area contributed by atoms with Crippen LogP contribution in [0.3, 0.4) is 0 Å². The summed E-state index contributed by atoms with van der Waals surface area (Å²) in [6, 6.07) is 0.822. The van der Waals surface area contributed by atoms with Gasteiger partial charge in [-0.25, -0.2) is 0 Å². The van der Waals surface area contributed by atoms with E-state index in [0.717, 1.165) is 38.1 Å². The molecule has 1 rings (SSSR count). The van der Waals surface area contributed by atoms with Crippen LogP contribution in [0.15, 0.2) is 0 Å². The highest BCUT2D eigenvalue weighted by Gasteiger charge is 2.20. The molecule has 0 aromatic heterocycles. The minimum absolute atomic E-state index is 0.361. The van der Waals surface area contributed by atoms with Gasteiger partial charge < -0.3 is 15.0 Å². The third kappa shape index (κ3) is 7.91. The van der Waals surface area contributed by atoms with Gasteiger partial charge in [0, 0.05) is 25.7 Å². The topological polar surface area (TPSA) is 24.5 Å². The molecule has 0 heterocycles. The lowest BCUT2D eigenvalue weighted by Gasteiger charge is -2.33. The number of nitrogens with zero attached hydrogens (tertiary/aromatic N) is 1. The Morgan fingerprint density at radius 3 is 2.47 bits per heavy atom. The minimum atomic E-state index is 0.361. The summed E-state index contributed by atoms with van der Waals surface area (Å²) in [5.74, 6) is 0.948. The first kappa shape index (κ1) is 16.9. The average Bonchev–Trinajstić information content (AvgIpc) is 2.38. The summed E-state index contributed by atoms with van der Waals surface area (Å²) >= 11 is 0. The predicted octanol–water partition coefficient (Wildman–Crippen LogP) is 2.90. The van der Waals surface area contributed by atoms with E-state index >= 15 is 0 Å². The molecule has 19 heavy (non-hydrogen) atoms. The number of rotatable bonds is 9. The number of hydrogen-bond acceptors (Lipinski definition) is 3. The van der Waals surface area contributed by atoms with Crippen LogP contribution in [0, 0.1) is 5.92 Å². The molecule has 0 saturated heterocycles. The van der Waals surface area contributed by atoms with Gasteiger partial charge in [0.25, 0.3) is 0 Å². The van der Waals surface area contributed by atoms with Gasteiger partial charge >= 0.3 is 0 Å². The molecule has 1 N–H and O–H groups in total. The Morgan fingerprint density at radius 2 is 1.84 bits per heavy atom. The van der Waals surface area contributed by atoms with Gasteiger partial charge in [-0.3, -0.25) is 0 Å². The fourth-order valence-corrected chi connectivity index (χ4v) is 2.76. The molecule has 0 unspecified atom stereocenters. The summed E-state index contributed by atoms with van der Waals surface area (Å²) in [6.07, 6.45) is 7.08. The smallest absolute Gasteiger partial charge is 0.0518 e. The van der Waals surface area contributed by atoms with Crippen LogP contribution < -0.4 is 5.32 Å². The van der Waals surface area contributed by atoms with E-state index in [-0.39, 0.29) is 0 Å². The van der Waals surface area contributed by atoms with Crippen LogP contribution in [0.5, 0.6) is 0 Å². The first-order valence-corrected chi connectivity index (χ1v) is 8.12. The molecule has 0 radical (unpaired) electrons. The molecule has 0 spiro atoms. The molecule has 1 saturated carbocycles. The van der Waals surface area contributed by atoms with E-state index in [2.05, 4.69) is 38.0 Å². The highest BCUT2D eigenvalue weighted by Crippen LogP contribution is 2.26. The van der Waals surface area contributed by atoms with Crippen molar-refractivity contribution in [1.82, 2.24) is 10.2 Å². The molecule has 114 valence electrons. The summed E-state index contributed by atoms with van der Waals surface area (Å²) in [5.41, 5.74) is 0. The number of hydrogen-bond donors (Lipinski definition) is 1. The Bertz CT molecular complexity index is 213. The maximum atomic E-state index is 5.52. The summed E-state index contributed by atoms with van der Waals surface area (Å²) in [5, 5.41) is 3.52. The summed E-state index contributed by atoms with van der Waals surface area (Å²) in [7, 11) is 2.28. The van der Waals surface area contributed by atoms with Crippen molar-refractivity contribution < 1.29 is 4.74 Å². The van der Waals surface area contributed by atoms with Crippen LogP contribution >= 0.6 is 0 Å². The summed E-state index contributed by atoms with van der Waals surface area (Å²) in [6.45, 7) is 10.8. The Kier molecular flexibility index (Phi) is 8.67. The zero-order valence-electron chi connectivity index (χ0n) is 13.5. The molecule has 3 nitrogen and oxygen atoms in total. The number of ether oxygens (including phenoxy) is 1. The molecule has 0 amide bonds. The predicted molar refractivity (Wildman–Crippen MR) is 82.6 cm³/mol. The fourth-order valence-electron chi connectivity index (χ4n) is 2.76. The molecular weight excluding hydrogens is 236 g/mol.